The SMILES string of the molecule is Cc1ccc(CNC2CCN3CCCC23)c(C)c1. The molecule has 0 bridgehead atoms. The molecular weight excluding hydrogens is 220 g/mol. The number of rotatable bonds is 3. The van der Waals surface area contributed by atoms with Crippen LogP contribution in [0.5, 0.6) is 0 Å². The molecule has 2 aliphatic heterocycles. The summed E-state index contributed by atoms with van der Waals surface area (Å²) >= 11 is 0. The Morgan fingerprint density at radius 3 is 2.94 bits per heavy atom. The molecule has 2 heterocycles. The molecule has 0 aliphatic carbocycles. The van der Waals surface area contributed by atoms with E-state index in [4.69, 9.17) is 0 Å². The average Bonchev–Trinajstić information content (AvgIpc) is 2.91. The van der Waals surface area contributed by atoms with Gasteiger partial charge in [0.15, 0.2) is 0 Å². The highest BCUT2D eigenvalue weighted by atomic mass is 15.2. The summed E-state index contributed by atoms with van der Waals surface area (Å²) in [5.74, 6) is 0. The number of hydrogen-bond donors (Lipinski definition) is 1. The van der Waals surface area contributed by atoms with E-state index in [1.165, 1.54) is 49.0 Å². The van der Waals surface area contributed by atoms with Crippen molar-refractivity contribution in [2.45, 2.75) is 51.7 Å². The van der Waals surface area contributed by atoms with Crippen LogP contribution in [0, 0.1) is 13.8 Å². The normalized spacial score (nSPS) is 27.7. The zero-order valence-corrected chi connectivity index (χ0v) is 11.6. The van der Waals surface area contributed by atoms with Crippen molar-refractivity contribution in [1.29, 1.82) is 0 Å². The number of nitrogens with zero attached hydrogens (tertiary/aromatic N) is 1. The standard InChI is InChI=1S/C16H24N2/c1-12-5-6-14(13(2)10-12)11-17-15-7-9-18-8-3-4-16(15)18/h5-6,10,15-17H,3-4,7-9,11H2,1-2H3. The van der Waals surface area contributed by atoms with Crippen LogP contribution in [0.4, 0.5) is 0 Å². The number of hydrogen-bond acceptors (Lipinski definition) is 2. The Kier molecular flexibility index (Phi) is 3.40. The summed E-state index contributed by atoms with van der Waals surface area (Å²) in [5.41, 5.74) is 4.24. The summed E-state index contributed by atoms with van der Waals surface area (Å²) in [6.45, 7) is 8.04. The predicted molar refractivity (Wildman–Crippen MR) is 75.8 cm³/mol. The van der Waals surface area contributed by atoms with Gasteiger partial charge in [0.2, 0.25) is 0 Å². The van der Waals surface area contributed by atoms with Gasteiger partial charge in [-0.15, -0.1) is 0 Å². The highest BCUT2D eigenvalue weighted by molar-refractivity contribution is 5.30. The second-order valence-corrected chi connectivity index (χ2v) is 5.95. The van der Waals surface area contributed by atoms with E-state index >= 15 is 0 Å². The Morgan fingerprint density at radius 2 is 2.11 bits per heavy atom. The summed E-state index contributed by atoms with van der Waals surface area (Å²) in [6, 6.07) is 8.32. The molecule has 0 radical (unpaired) electrons. The van der Waals surface area contributed by atoms with Crippen LogP contribution in [0.2, 0.25) is 0 Å². The molecule has 2 saturated heterocycles. The van der Waals surface area contributed by atoms with Crippen molar-refractivity contribution < 1.29 is 0 Å². The van der Waals surface area contributed by atoms with E-state index in [0.29, 0.717) is 6.04 Å². The minimum atomic E-state index is 0.716. The van der Waals surface area contributed by atoms with Gasteiger partial charge in [-0.25, -0.2) is 0 Å². The molecule has 0 saturated carbocycles. The lowest BCUT2D eigenvalue weighted by Crippen LogP contribution is -2.38. The summed E-state index contributed by atoms with van der Waals surface area (Å²) in [5, 5.41) is 3.79. The van der Waals surface area contributed by atoms with E-state index < -0.39 is 0 Å². The second-order valence-electron chi connectivity index (χ2n) is 5.95. The van der Waals surface area contributed by atoms with Crippen LogP contribution >= 0.6 is 0 Å². The minimum absolute atomic E-state index is 0.716. The molecule has 0 aromatic heterocycles. The molecule has 98 valence electrons. The van der Waals surface area contributed by atoms with E-state index in [0.717, 1.165) is 12.6 Å². The quantitative estimate of drug-likeness (QED) is 0.879. The molecule has 0 amide bonds. The van der Waals surface area contributed by atoms with E-state index in [-0.39, 0.29) is 0 Å². The number of nitrogens with one attached hydrogen (secondary N) is 1. The first-order valence-corrected chi connectivity index (χ1v) is 7.27. The lowest BCUT2D eigenvalue weighted by Gasteiger charge is -2.21. The van der Waals surface area contributed by atoms with Crippen LogP contribution in [-0.2, 0) is 6.54 Å². The van der Waals surface area contributed by atoms with Gasteiger partial charge in [0, 0.05) is 25.2 Å². The molecule has 3 rings (SSSR count). The smallest absolute Gasteiger partial charge is 0.0250 e. The third-order valence-electron chi connectivity index (χ3n) is 4.66. The van der Waals surface area contributed by atoms with Crippen molar-refractivity contribution in [2.24, 2.45) is 0 Å². The zero-order valence-electron chi connectivity index (χ0n) is 11.6. The van der Waals surface area contributed by atoms with E-state index in [9.17, 15) is 0 Å². The molecule has 2 heteroatoms. The maximum absolute atomic E-state index is 3.79. The van der Waals surface area contributed by atoms with Crippen molar-refractivity contribution in [3.8, 4) is 0 Å². The van der Waals surface area contributed by atoms with Crippen LogP contribution in [0.25, 0.3) is 0 Å². The van der Waals surface area contributed by atoms with E-state index in [1.54, 1.807) is 0 Å². The van der Waals surface area contributed by atoms with E-state index in [2.05, 4.69) is 42.3 Å². The molecule has 1 N–H and O–H groups in total. The maximum atomic E-state index is 3.79. The van der Waals surface area contributed by atoms with Crippen molar-refractivity contribution in [2.75, 3.05) is 13.1 Å². The monoisotopic (exact) mass is 244 g/mol. The highest BCUT2D eigenvalue weighted by Gasteiger charge is 2.36. The van der Waals surface area contributed by atoms with Crippen LogP contribution in [-0.4, -0.2) is 30.1 Å². The Labute approximate surface area is 110 Å². The summed E-state index contributed by atoms with van der Waals surface area (Å²) in [4.78, 5) is 2.67. The molecule has 2 nitrogen and oxygen atoms in total. The lowest BCUT2D eigenvalue weighted by atomic mass is 10.0. The molecule has 2 unspecified atom stereocenters. The zero-order chi connectivity index (χ0) is 12.5. The average molecular weight is 244 g/mol. The Balaban J connectivity index is 1.61. The van der Waals surface area contributed by atoms with Gasteiger partial charge in [0.1, 0.15) is 0 Å². The topological polar surface area (TPSA) is 15.3 Å². The van der Waals surface area contributed by atoms with Crippen LogP contribution in [0.15, 0.2) is 18.2 Å². The first kappa shape index (κ1) is 12.2. The third-order valence-corrected chi connectivity index (χ3v) is 4.66. The predicted octanol–water partition coefficient (Wildman–Crippen LogP) is 2.63. The van der Waals surface area contributed by atoms with Crippen molar-refractivity contribution in [3.05, 3.63) is 34.9 Å². The number of fused-ring (bicyclic) bond motifs is 1. The van der Waals surface area contributed by atoms with Gasteiger partial charge in [0.25, 0.3) is 0 Å². The summed E-state index contributed by atoms with van der Waals surface area (Å²) in [7, 11) is 0. The molecule has 18 heavy (non-hydrogen) atoms. The molecule has 0 spiro atoms. The maximum Gasteiger partial charge on any atom is 0.0250 e. The van der Waals surface area contributed by atoms with Gasteiger partial charge >= 0.3 is 0 Å². The molecule has 2 atom stereocenters. The summed E-state index contributed by atoms with van der Waals surface area (Å²) in [6.07, 6.45) is 4.12. The fraction of sp³-hybridized carbons (Fsp3) is 0.625. The molecular formula is C16H24N2. The van der Waals surface area contributed by atoms with Crippen molar-refractivity contribution in [1.82, 2.24) is 10.2 Å². The molecule has 1 aromatic carbocycles. The van der Waals surface area contributed by atoms with Gasteiger partial charge in [-0.3, -0.25) is 4.90 Å². The fourth-order valence-electron chi connectivity index (χ4n) is 3.61. The Hall–Kier alpha value is -0.860. The first-order chi connectivity index (χ1) is 8.74. The Bertz CT molecular complexity index is 427. The van der Waals surface area contributed by atoms with Gasteiger partial charge in [-0.2, -0.15) is 0 Å². The van der Waals surface area contributed by atoms with Crippen LogP contribution in [0.1, 0.15) is 36.0 Å². The molecule has 2 fully saturated rings. The van der Waals surface area contributed by atoms with Gasteiger partial charge in [-0.1, -0.05) is 23.8 Å². The largest absolute Gasteiger partial charge is 0.308 e. The van der Waals surface area contributed by atoms with Gasteiger partial charge in [0.05, 0.1) is 0 Å². The number of benzene rings is 1. The van der Waals surface area contributed by atoms with E-state index in [1.807, 2.05) is 0 Å². The molecule has 1 aromatic rings. The van der Waals surface area contributed by atoms with Crippen LogP contribution < -0.4 is 5.32 Å². The minimum Gasteiger partial charge on any atom is -0.308 e. The van der Waals surface area contributed by atoms with Gasteiger partial charge < -0.3 is 5.32 Å². The van der Waals surface area contributed by atoms with Gasteiger partial charge in [-0.05, 0) is 50.8 Å². The van der Waals surface area contributed by atoms with Crippen molar-refractivity contribution >= 4 is 0 Å². The second kappa shape index (κ2) is 5.02. The lowest BCUT2D eigenvalue weighted by molar-refractivity contribution is 0.298. The van der Waals surface area contributed by atoms with Crippen molar-refractivity contribution in [3.63, 3.8) is 0 Å². The highest BCUT2D eigenvalue weighted by Crippen LogP contribution is 2.28. The van der Waals surface area contributed by atoms with Crippen LogP contribution in [0.3, 0.4) is 0 Å². The fourth-order valence-corrected chi connectivity index (χ4v) is 3.61. The first-order valence-electron chi connectivity index (χ1n) is 7.27. The third kappa shape index (κ3) is 2.32. The number of aryl methyl sites for hydroxylation is 2. The summed E-state index contributed by atoms with van der Waals surface area (Å²) < 4.78 is 0. The Morgan fingerprint density at radius 1 is 1.22 bits per heavy atom. The molecule has 2 aliphatic rings.